The Morgan fingerprint density at radius 3 is 2.12 bits per heavy atom. The predicted octanol–water partition coefficient (Wildman–Crippen LogP) is 6.41. The third-order valence-electron chi connectivity index (χ3n) is 5.38. The van der Waals surface area contributed by atoms with Crippen LogP contribution < -0.4 is 4.74 Å². The highest BCUT2D eigenvalue weighted by Gasteiger charge is 2.23. The maximum Gasteiger partial charge on any atom is 0.338 e. The summed E-state index contributed by atoms with van der Waals surface area (Å²) in [7, 11) is -3.53. The zero-order valence-corrected chi connectivity index (χ0v) is 21.4. The molecule has 180 valence electrons. The monoisotopic (exact) mass is 480 g/mol. The molecule has 0 amide bonds. The molecule has 0 aliphatic rings. The van der Waals surface area contributed by atoms with Crippen molar-refractivity contribution in [3.05, 3.63) is 83.4 Å². The van der Waals surface area contributed by atoms with Crippen LogP contribution in [0.3, 0.4) is 0 Å². The molecule has 3 rings (SSSR count). The van der Waals surface area contributed by atoms with Gasteiger partial charge in [-0.15, -0.1) is 0 Å². The first-order valence-electron chi connectivity index (χ1n) is 11.3. The van der Waals surface area contributed by atoms with Gasteiger partial charge in [0.25, 0.3) is 0 Å². The number of benzene rings is 3. The molecule has 3 aromatic rings. The molecule has 0 aliphatic heterocycles. The number of sulfone groups is 1. The number of carbonyl (C=O) groups is 1. The number of hydrogen-bond donors (Lipinski definition) is 0. The lowest BCUT2D eigenvalue weighted by molar-refractivity contribution is 0.00694. The minimum Gasteiger partial charge on any atom is -0.484 e. The third kappa shape index (κ3) is 6.06. The van der Waals surface area contributed by atoms with Crippen LogP contribution in [0.1, 0.15) is 62.2 Å². The van der Waals surface area contributed by atoms with Crippen molar-refractivity contribution >= 4 is 15.8 Å². The van der Waals surface area contributed by atoms with Gasteiger partial charge in [-0.2, -0.15) is 0 Å². The number of ether oxygens (including phenoxy) is 2. The SMILES string of the molecule is CCc1ccccc1-c1cccc(S(C)(=O)=O)c1OC(C)c1ccc(C(=O)OC(C)(C)C)cc1. The van der Waals surface area contributed by atoms with Gasteiger partial charge in [0.15, 0.2) is 9.84 Å². The van der Waals surface area contributed by atoms with E-state index in [-0.39, 0.29) is 4.90 Å². The number of rotatable bonds is 7. The highest BCUT2D eigenvalue weighted by molar-refractivity contribution is 7.90. The maximum atomic E-state index is 12.6. The predicted molar refractivity (Wildman–Crippen MR) is 135 cm³/mol. The molecule has 3 aromatic carbocycles. The Balaban J connectivity index is 1.99. The van der Waals surface area contributed by atoms with Crippen LogP contribution in [-0.2, 0) is 21.0 Å². The zero-order valence-electron chi connectivity index (χ0n) is 20.6. The molecule has 0 aromatic heterocycles. The van der Waals surface area contributed by atoms with Crippen LogP contribution in [0.4, 0.5) is 0 Å². The molecule has 0 spiro atoms. The van der Waals surface area contributed by atoms with Gasteiger partial charge in [0.2, 0.25) is 0 Å². The highest BCUT2D eigenvalue weighted by Crippen LogP contribution is 2.40. The molecule has 0 bridgehead atoms. The Morgan fingerprint density at radius 2 is 1.53 bits per heavy atom. The second-order valence-corrected chi connectivity index (χ2v) is 11.3. The molecule has 0 saturated carbocycles. The average Bonchev–Trinajstić information content (AvgIpc) is 2.77. The molecule has 1 atom stereocenters. The lowest BCUT2D eigenvalue weighted by Gasteiger charge is -2.22. The lowest BCUT2D eigenvalue weighted by Crippen LogP contribution is -2.23. The average molecular weight is 481 g/mol. The van der Waals surface area contributed by atoms with Crippen molar-refractivity contribution < 1.29 is 22.7 Å². The fraction of sp³-hybridized carbons (Fsp3) is 0.321. The van der Waals surface area contributed by atoms with E-state index in [1.54, 1.807) is 36.4 Å². The van der Waals surface area contributed by atoms with E-state index in [2.05, 4.69) is 6.92 Å². The van der Waals surface area contributed by atoms with Gasteiger partial charge in [-0.3, -0.25) is 0 Å². The number of carbonyl (C=O) groups excluding carboxylic acids is 1. The highest BCUT2D eigenvalue weighted by atomic mass is 32.2. The molecule has 0 saturated heterocycles. The van der Waals surface area contributed by atoms with Gasteiger partial charge in [-0.25, -0.2) is 13.2 Å². The summed E-state index contributed by atoms with van der Waals surface area (Å²) < 4.78 is 37.0. The first kappa shape index (κ1) is 25.5. The van der Waals surface area contributed by atoms with Crippen LogP contribution in [0.25, 0.3) is 11.1 Å². The summed E-state index contributed by atoms with van der Waals surface area (Å²) in [5, 5.41) is 0. The van der Waals surface area contributed by atoms with Gasteiger partial charge in [0.1, 0.15) is 22.4 Å². The molecule has 0 aliphatic carbocycles. The Bertz CT molecular complexity index is 1270. The van der Waals surface area contributed by atoms with E-state index in [0.29, 0.717) is 11.3 Å². The van der Waals surface area contributed by atoms with E-state index in [1.165, 1.54) is 6.26 Å². The summed E-state index contributed by atoms with van der Waals surface area (Å²) in [6.45, 7) is 9.39. The van der Waals surface area contributed by atoms with Crippen molar-refractivity contribution in [3.8, 4) is 16.9 Å². The van der Waals surface area contributed by atoms with Gasteiger partial charge in [-0.1, -0.05) is 55.5 Å². The molecule has 1 unspecified atom stereocenters. The molecule has 6 heteroatoms. The number of para-hydroxylation sites is 1. The number of hydrogen-bond acceptors (Lipinski definition) is 5. The maximum absolute atomic E-state index is 12.6. The van der Waals surface area contributed by atoms with Crippen molar-refractivity contribution in [1.82, 2.24) is 0 Å². The van der Waals surface area contributed by atoms with Crippen molar-refractivity contribution in [3.63, 3.8) is 0 Å². The summed E-state index contributed by atoms with van der Waals surface area (Å²) >= 11 is 0. The first-order valence-corrected chi connectivity index (χ1v) is 13.2. The largest absolute Gasteiger partial charge is 0.484 e. The molecule has 5 nitrogen and oxygen atoms in total. The van der Waals surface area contributed by atoms with E-state index in [9.17, 15) is 13.2 Å². The van der Waals surface area contributed by atoms with Crippen LogP contribution in [0.2, 0.25) is 0 Å². The van der Waals surface area contributed by atoms with Gasteiger partial charge in [-0.05, 0) is 69.0 Å². The topological polar surface area (TPSA) is 69.7 Å². The van der Waals surface area contributed by atoms with Crippen molar-refractivity contribution in [2.75, 3.05) is 6.26 Å². The van der Waals surface area contributed by atoms with Crippen molar-refractivity contribution in [2.45, 2.75) is 57.6 Å². The van der Waals surface area contributed by atoms with E-state index in [1.807, 2.05) is 58.0 Å². The van der Waals surface area contributed by atoms with E-state index >= 15 is 0 Å². The molecule has 0 N–H and O–H groups in total. The standard InChI is InChI=1S/C28H32O5S/c1-7-20-11-8-9-12-23(20)24-13-10-14-25(34(6,30)31)26(24)32-19(2)21-15-17-22(18-16-21)27(29)33-28(3,4)5/h8-19H,7H2,1-6H3. The van der Waals surface area contributed by atoms with Gasteiger partial charge < -0.3 is 9.47 Å². The van der Waals surface area contributed by atoms with Crippen LogP contribution in [-0.4, -0.2) is 26.2 Å². The Labute approximate surface area is 202 Å². The second-order valence-electron chi connectivity index (χ2n) is 9.30. The normalized spacial score (nSPS) is 12.8. The van der Waals surface area contributed by atoms with Crippen LogP contribution in [0.15, 0.2) is 71.6 Å². The zero-order chi connectivity index (χ0) is 25.1. The molecule has 0 fully saturated rings. The fourth-order valence-electron chi connectivity index (χ4n) is 3.70. The van der Waals surface area contributed by atoms with Gasteiger partial charge >= 0.3 is 5.97 Å². The van der Waals surface area contributed by atoms with Crippen LogP contribution >= 0.6 is 0 Å². The van der Waals surface area contributed by atoms with Gasteiger partial charge in [0, 0.05) is 11.8 Å². The minimum atomic E-state index is -3.53. The lowest BCUT2D eigenvalue weighted by atomic mass is 9.97. The molecule has 0 heterocycles. The minimum absolute atomic E-state index is 0.146. The number of aryl methyl sites for hydroxylation is 1. The van der Waals surface area contributed by atoms with Crippen LogP contribution in [0, 0.1) is 0 Å². The number of esters is 1. The third-order valence-corrected chi connectivity index (χ3v) is 6.50. The summed E-state index contributed by atoms with van der Waals surface area (Å²) in [4.78, 5) is 12.5. The molecule has 0 radical (unpaired) electrons. The van der Waals surface area contributed by atoms with Crippen molar-refractivity contribution in [2.24, 2.45) is 0 Å². The van der Waals surface area contributed by atoms with E-state index in [4.69, 9.17) is 9.47 Å². The summed E-state index contributed by atoms with van der Waals surface area (Å²) in [6.07, 6.45) is 1.54. The summed E-state index contributed by atoms with van der Waals surface area (Å²) in [5.41, 5.74) is 3.46. The molecular weight excluding hydrogens is 448 g/mol. The Morgan fingerprint density at radius 1 is 0.912 bits per heavy atom. The van der Waals surface area contributed by atoms with Crippen molar-refractivity contribution in [1.29, 1.82) is 0 Å². The molecular formula is C28H32O5S. The van der Waals surface area contributed by atoms with Crippen LogP contribution in [0.5, 0.6) is 5.75 Å². The van der Waals surface area contributed by atoms with E-state index < -0.39 is 27.5 Å². The fourth-order valence-corrected chi connectivity index (χ4v) is 4.53. The Hall–Kier alpha value is -3.12. The molecule has 34 heavy (non-hydrogen) atoms. The summed E-state index contributed by atoms with van der Waals surface area (Å²) in [6, 6.07) is 20.1. The summed E-state index contributed by atoms with van der Waals surface area (Å²) in [5.74, 6) is -0.0666. The smallest absolute Gasteiger partial charge is 0.338 e. The second kappa shape index (κ2) is 10.0. The first-order chi connectivity index (χ1) is 15.9. The quantitative estimate of drug-likeness (QED) is 0.365. The van der Waals surface area contributed by atoms with E-state index in [0.717, 1.165) is 28.7 Å². The Kier molecular flexibility index (Phi) is 7.51. The van der Waals surface area contributed by atoms with Gasteiger partial charge in [0.05, 0.1) is 5.56 Å².